The molecule has 2 aliphatic rings. The molecule has 1 unspecified atom stereocenters. The normalized spacial score (nSPS) is 38.1. The molecule has 118 valence electrons. The maximum Gasteiger partial charge on any atom is 0.391 e. The van der Waals surface area contributed by atoms with E-state index in [2.05, 4.69) is 23.8 Å². The average molecular weight is 293 g/mol. The number of rotatable bonds is 2. The first-order chi connectivity index (χ1) is 9.28. The summed E-state index contributed by atoms with van der Waals surface area (Å²) in [5.74, 6) is -1.13. The molecule has 20 heavy (non-hydrogen) atoms. The predicted octanol–water partition coefficient (Wildman–Crippen LogP) is 2.07. The van der Waals surface area contributed by atoms with Gasteiger partial charge in [-0.05, 0) is 39.7 Å². The molecule has 1 saturated carbocycles. The number of hydrogen-bond donors (Lipinski definition) is 1. The van der Waals surface area contributed by atoms with Crippen LogP contribution in [0.25, 0.3) is 0 Å². The van der Waals surface area contributed by atoms with Crippen LogP contribution in [0.1, 0.15) is 32.6 Å². The van der Waals surface area contributed by atoms with Crippen molar-refractivity contribution < 1.29 is 13.2 Å². The lowest BCUT2D eigenvalue weighted by Gasteiger charge is -2.53. The van der Waals surface area contributed by atoms with Crippen LogP contribution < -0.4 is 5.73 Å². The highest BCUT2D eigenvalue weighted by Gasteiger charge is 2.48. The van der Waals surface area contributed by atoms with E-state index in [1.165, 1.54) is 0 Å². The zero-order valence-corrected chi connectivity index (χ0v) is 12.4. The Morgan fingerprint density at radius 3 is 2.25 bits per heavy atom. The lowest BCUT2D eigenvalue weighted by atomic mass is 9.74. The molecular formula is C14H26F3N3. The van der Waals surface area contributed by atoms with Crippen molar-refractivity contribution in [3.05, 3.63) is 0 Å². The maximum atomic E-state index is 12.8. The van der Waals surface area contributed by atoms with Gasteiger partial charge in [-0.25, -0.2) is 0 Å². The van der Waals surface area contributed by atoms with Crippen molar-refractivity contribution >= 4 is 0 Å². The smallest absolute Gasteiger partial charge is 0.329 e. The second kappa shape index (κ2) is 5.81. The minimum Gasteiger partial charge on any atom is -0.329 e. The molecule has 0 spiro atoms. The van der Waals surface area contributed by atoms with Gasteiger partial charge in [0, 0.05) is 37.8 Å². The van der Waals surface area contributed by atoms with Gasteiger partial charge in [0.05, 0.1) is 5.92 Å². The molecule has 6 heteroatoms. The highest BCUT2D eigenvalue weighted by molar-refractivity contribution is 5.00. The van der Waals surface area contributed by atoms with Gasteiger partial charge in [0.2, 0.25) is 0 Å². The van der Waals surface area contributed by atoms with Crippen LogP contribution in [0, 0.1) is 5.92 Å². The summed E-state index contributed by atoms with van der Waals surface area (Å²) < 4.78 is 38.4. The summed E-state index contributed by atoms with van der Waals surface area (Å²) in [6.07, 6.45) is -2.46. The number of likely N-dealkylation sites (N-methyl/N-ethyl adjacent to an activating group) is 1. The third kappa shape index (κ3) is 3.12. The van der Waals surface area contributed by atoms with Gasteiger partial charge in [-0.15, -0.1) is 0 Å². The van der Waals surface area contributed by atoms with E-state index in [-0.39, 0.29) is 18.4 Å². The first kappa shape index (κ1) is 16.0. The van der Waals surface area contributed by atoms with Crippen LogP contribution in [0.3, 0.4) is 0 Å². The molecule has 0 radical (unpaired) electrons. The summed E-state index contributed by atoms with van der Waals surface area (Å²) in [5, 5.41) is 0. The Hall–Kier alpha value is -0.330. The summed E-state index contributed by atoms with van der Waals surface area (Å²) in [4.78, 5) is 4.65. The number of hydrogen-bond acceptors (Lipinski definition) is 3. The van der Waals surface area contributed by atoms with Crippen molar-refractivity contribution in [2.24, 2.45) is 11.7 Å². The summed E-state index contributed by atoms with van der Waals surface area (Å²) in [6, 6.07) is 0.361. The fraction of sp³-hybridized carbons (Fsp3) is 1.00. The molecule has 0 aromatic carbocycles. The van der Waals surface area contributed by atoms with Gasteiger partial charge >= 0.3 is 6.18 Å². The zero-order valence-electron chi connectivity index (χ0n) is 12.4. The quantitative estimate of drug-likeness (QED) is 0.846. The Bertz CT molecular complexity index is 324. The molecule has 0 aromatic rings. The van der Waals surface area contributed by atoms with Gasteiger partial charge in [-0.3, -0.25) is 4.90 Å². The van der Waals surface area contributed by atoms with Crippen molar-refractivity contribution in [1.29, 1.82) is 0 Å². The SMILES string of the molecule is CC1CN(C)CCN1C1(CN)CCC(C(F)(F)F)CC1. The van der Waals surface area contributed by atoms with Crippen LogP contribution in [-0.2, 0) is 0 Å². The standard InChI is InChI=1S/C14H26F3N3/c1-11-9-19(2)7-8-20(11)13(10-18)5-3-12(4-6-13)14(15,16)17/h11-12H,3-10,18H2,1-2H3. The molecule has 1 heterocycles. The number of piperazine rings is 1. The van der Waals surface area contributed by atoms with Gasteiger partial charge in [0.1, 0.15) is 0 Å². The van der Waals surface area contributed by atoms with E-state index in [1.54, 1.807) is 0 Å². The maximum absolute atomic E-state index is 12.8. The molecule has 1 aliphatic carbocycles. The predicted molar refractivity (Wildman–Crippen MR) is 73.5 cm³/mol. The van der Waals surface area contributed by atoms with E-state index in [0.717, 1.165) is 19.6 Å². The summed E-state index contributed by atoms with van der Waals surface area (Å²) in [7, 11) is 2.09. The van der Waals surface area contributed by atoms with Crippen molar-refractivity contribution in [2.75, 3.05) is 33.2 Å². The molecule has 1 aliphatic heterocycles. The van der Waals surface area contributed by atoms with Crippen LogP contribution in [0.15, 0.2) is 0 Å². The molecule has 1 saturated heterocycles. The van der Waals surface area contributed by atoms with Crippen LogP contribution in [-0.4, -0.2) is 60.8 Å². The number of nitrogens with zero attached hydrogens (tertiary/aromatic N) is 2. The van der Waals surface area contributed by atoms with Crippen LogP contribution in [0.5, 0.6) is 0 Å². The fourth-order valence-corrected chi connectivity index (χ4v) is 3.94. The first-order valence-electron chi connectivity index (χ1n) is 7.50. The van der Waals surface area contributed by atoms with E-state index in [9.17, 15) is 13.2 Å². The minimum absolute atomic E-state index is 0.220. The highest BCUT2D eigenvalue weighted by Crippen LogP contribution is 2.43. The lowest BCUT2D eigenvalue weighted by Crippen LogP contribution is -2.64. The molecule has 3 nitrogen and oxygen atoms in total. The van der Waals surface area contributed by atoms with E-state index >= 15 is 0 Å². The Labute approximate surface area is 119 Å². The van der Waals surface area contributed by atoms with Gasteiger partial charge in [-0.2, -0.15) is 13.2 Å². The van der Waals surface area contributed by atoms with Gasteiger partial charge in [0.25, 0.3) is 0 Å². The monoisotopic (exact) mass is 293 g/mol. The third-order valence-electron chi connectivity index (χ3n) is 5.20. The fourth-order valence-electron chi connectivity index (χ4n) is 3.94. The lowest BCUT2D eigenvalue weighted by molar-refractivity contribution is -0.190. The molecule has 2 N–H and O–H groups in total. The number of nitrogens with two attached hydrogens (primary N) is 1. The van der Waals surface area contributed by atoms with E-state index < -0.39 is 12.1 Å². The Morgan fingerprint density at radius 1 is 1.20 bits per heavy atom. The molecule has 0 amide bonds. The van der Waals surface area contributed by atoms with Crippen LogP contribution in [0.2, 0.25) is 0 Å². The van der Waals surface area contributed by atoms with Crippen molar-refractivity contribution in [3.63, 3.8) is 0 Å². The van der Waals surface area contributed by atoms with E-state index in [0.29, 0.717) is 25.4 Å². The number of alkyl halides is 3. The van der Waals surface area contributed by atoms with Gasteiger partial charge in [0.15, 0.2) is 0 Å². The molecule has 0 aromatic heterocycles. The molecule has 1 atom stereocenters. The van der Waals surface area contributed by atoms with Crippen LogP contribution >= 0.6 is 0 Å². The minimum atomic E-state index is -4.05. The second-order valence-electron chi connectivity index (χ2n) is 6.55. The largest absolute Gasteiger partial charge is 0.391 e. The molecule has 2 rings (SSSR count). The summed E-state index contributed by atoms with van der Waals surface area (Å²) in [6.45, 7) is 5.46. The molecular weight excluding hydrogens is 267 g/mol. The summed E-state index contributed by atoms with van der Waals surface area (Å²) in [5.41, 5.74) is 5.76. The van der Waals surface area contributed by atoms with Gasteiger partial charge < -0.3 is 10.6 Å². The van der Waals surface area contributed by atoms with E-state index in [1.807, 2.05) is 0 Å². The second-order valence-corrected chi connectivity index (χ2v) is 6.55. The molecule has 0 bridgehead atoms. The zero-order chi connectivity index (χ0) is 15.0. The highest BCUT2D eigenvalue weighted by atomic mass is 19.4. The average Bonchev–Trinajstić information content (AvgIpc) is 2.37. The Morgan fingerprint density at radius 2 is 1.80 bits per heavy atom. The molecule has 2 fully saturated rings. The number of halogens is 3. The Balaban J connectivity index is 2.05. The van der Waals surface area contributed by atoms with Crippen molar-refractivity contribution in [2.45, 2.75) is 50.4 Å². The van der Waals surface area contributed by atoms with Gasteiger partial charge in [-0.1, -0.05) is 0 Å². The third-order valence-corrected chi connectivity index (χ3v) is 5.20. The first-order valence-corrected chi connectivity index (χ1v) is 7.50. The summed E-state index contributed by atoms with van der Waals surface area (Å²) >= 11 is 0. The topological polar surface area (TPSA) is 32.5 Å². The van der Waals surface area contributed by atoms with Crippen LogP contribution in [0.4, 0.5) is 13.2 Å². The Kier molecular flexibility index (Phi) is 4.66. The van der Waals surface area contributed by atoms with Crippen molar-refractivity contribution in [1.82, 2.24) is 9.80 Å². The van der Waals surface area contributed by atoms with Crippen molar-refractivity contribution in [3.8, 4) is 0 Å². The van der Waals surface area contributed by atoms with E-state index in [4.69, 9.17) is 5.73 Å².